The van der Waals surface area contributed by atoms with Crippen molar-refractivity contribution < 1.29 is 28.6 Å². The van der Waals surface area contributed by atoms with Gasteiger partial charge in [-0.3, -0.25) is 0 Å². The molecule has 2 aromatic rings. The predicted molar refractivity (Wildman–Crippen MR) is 148 cm³/mol. The Kier molecular flexibility index (Phi) is 10.5. The van der Waals surface area contributed by atoms with Gasteiger partial charge in [-0.2, -0.15) is 4.74 Å². The van der Waals surface area contributed by atoms with Gasteiger partial charge in [0, 0.05) is 27.7 Å². The molecule has 0 aliphatic heterocycles. The van der Waals surface area contributed by atoms with Crippen LogP contribution < -0.4 is 16.3 Å². The summed E-state index contributed by atoms with van der Waals surface area (Å²) < 4.78 is 20.1. The number of allylic oxidation sites excluding steroid dienone is 1. The van der Waals surface area contributed by atoms with Gasteiger partial charge in [0.1, 0.15) is 0 Å². The van der Waals surface area contributed by atoms with Crippen LogP contribution in [0.25, 0.3) is 0 Å². The molecule has 0 aromatic heterocycles. The van der Waals surface area contributed by atoms with E-state index in [0.29, 0.717) is 21.6 Å². The fourth-order valence-corrected chi connectivity index (χ4v) is 8.49. The summed E-state index contributed by atoms with van der Waals surface area (Å²) in [7, 11) is -0.926. The fourth-order valence-electron chi connectivity index (χ4n) is 4.77. The van der Waals surface area contributed by atoms with Crippen molar-refractivity contribution in [1.29, 1.82) is 0 Å². The summed E-state index contributed by atoms with van der Waals surface area (Å²) in [5.74, 6) is -1.61. The monoisotopic (exact) mass is 538 g/mol. The maximum Gasteiger partial charge on any atom is 0.433 e. The molecule has 202 valence electrons. The zero-order chi connectivity index (χ0) is 27.5. The molecule has 1 aliphatic carbocycles. The van der Waals surface area contributed by atoms with Crippen LogP contribution in [0.3, 0.4) is 0 Å². The van der Waals surface area contributed by atoms with E-state index >= 15 is 0 Å². The molecule has 0 atom stereocenters. The lowest BCUT2D eigenvalue weighted by Gasteiger charge is -2.33. The lowest BCUT2D eigenvalue weighted by Crippen LogP contribution is -2.28. The predicted octanol–water partition coefficient (Wildman–Crippen LogP) is 5.02. The van der Waals surface area contributed by atoms with E-state index in [4.69, 9.17) is 24.7 Å². The molecule has 8 nitrogen and oxygen atoms in total. The Balaban J connectivity index is 2.60. The van der Waals surface area contributed by atoms with Crippen LogP contribution in [0.1, 0.15) is 39.0 Å². The molecule has 2 aromatic carbocycles. The van der Waals surface area contributed by atoms with Crippen LogP contribution in [-0.4, -0.2) is 38.9 Å². The topological polar surface area (TPSA) is 117 Å². The second kappa shape index (κ2) is 13.8. The standard InChI is InChI=1S/C29H35N2O6P/c1-4-37-29(34)31-38(22-16-10-6-11-17-22,23-18-12-7-13-19-23)27(26(30)21-14-8-5-9-15-21)24(28(33)36-3)20-25(32)35-2/h6-7,10-13,16-21H,4-5,8-9,14-15,30H2,1-3H3/b24-20+,27-26?. The maximum absolute atomic E-state index is 13.4. The third-order valence-corrected chi connectivity index (χ3v) is 10.2. The summed E-state index contributed by atoms with van der Waals surface area (Å²) in [5, 5.41) is 1.66. The average molecular weight is 539 g/mol. The van der Waals surface area contributed by atoms with E-state index in [9.17, 15) is 14.4 Å². The molecule has 3 rings (SSSR count). The van der Waals surface area contributed by atoms with Gasteiger partial charge in [-0.05, 0) is 25.7 Å². The third-order valence-electron chi connectivity index (χ3n) is 6.53. The van der Waals surface area contributed by atoms with E-state index < -0.39 is 25.1 Å². The van der Waals surface area contributed by atoms with Crippen LogP contribution in [0.4, 0.5) is 4.79 Å². The van der Waals surface area contributed by atoms with Crippen LogP contribution in [0.15, 0.2) is 88.1 Å². The minimum Gasteiger partial charge on any atom is -0.466 e. The minimum absolute atomic E-state index is 0.0753. The fraction of sp³-hybridized carbons (Fsp3) is 0.345. The van der Waals surface area contributed by atoms with Gasteiger partial charge in [0.15, 0.2) is 0 Å². The van der Waals surface area contributed by atoms with E-state index in [2.05, 4.69) is 0 Å². The lowest BCUT2D eigenvalue weighted by molar-refractivity contribution is -0.138. The molecule has 1 fully saturated rings. The number of esters is 2. The summed E-state index contributed by atoms with van der Waals surface area (Å²) >= 11 is 0. The number of carbonyl (C=O) groups excluding carboxylic acids is 3. The first-order valence-corrected chi connectivity index (χ1v) is 14.4. The van der Waals surface area contributed by atoms with Gasteiger partial charge in [0.2, 0.25) is 0 Å². The van der Waals surface area contributed by atoms with Crippen molar-refractivity contribution in [1.82, 2.24) is 0 Å². The third kappa shape index (κ3) is 6.43. The molecule has 2 N–H and O–H groups in total. The highest BCUT2D eigenvalue weighted by atomic mass is 31.2. The number of methoxy groups -OCH3 is 2. The van der Waals surface area contributed by atoms with E-state index in [1.165, 1.54) is 14.2 Å². The molecule has 0 spiro atoms. The highest BCUT2D eigenvalue weighted by Gasteiger charge is 2.39. The first-order valence-electron chi connectivity index (χ1n) is 12.7. The molecule has 9 heteroatoms. The molecular weight excluding hydrogens is 503 g/mol. The van der Waals surface area contributed by atoms with Crippen LogP contribution in [0, 0.1) is 5.92 Å². The normalized spacial score (nSPS) is 15.2. The molecule has 0 bridgehead atoms. The molecule has 1 saturated carbocycles. The Bertz CT molecular complexity index is 1200. The van der Waals surface area contributed by atoms with Gasteiger partial charge in [0.25, 0.3) is 0 Å². The lowest BCUT2D eigenvalue weighted by atomic mass is 9.86. The number of hydrogen-bond donors (Lipinski definition) is 1. The van der Waals surface area contributed by atoms with Gasteiger partial charge in [-0.1, -0.05) is 79.9 Å². The van der Waals surface area contributed by atoms with Crippen molar-refractivity contribution in [2.45, 2.75) is 39.0 Å². The number of hydrogen-bond acceptors (Lipinski definition) is 7. The smallest absolute Gasteiger partial charge is 0.433 e. The van der Waals surface area contributed by atoms with Crippen molar-refractivity contribution in [2.75, 3.05) is 20.8 Å². The quantitative estimate of drug-likeness (QED) is 0.165. The van der Waals surface area contributed by atoms with E-state index in [0.717, 1.165) is 38.2 Å². The number of ether oxygens (including phenoxy) is 3. The van der Waals surface area contributed by atoms with Gasteiger partial charge in [0.05, 0.1) is 33.5 Å². The number of benzene rings is 2. The molecule has 0 saturated heterocycles. The number of rotatable bonds is 8. The van der Waals surface area contributed by atoms with Crippen molar-refractivity contribution in [2.24, 2.45) is 16.4 Å². The van der Waals surface area contributed by atoms with Gasteiger partial charge in [-0.15, -0.1) is 0 Å². The van der Waals surface area contributed by atoms with Crippen molar-refractivity contribution in [3.8, 4) is 0 Å². The second-order valence-electron chi connectivity index (χ2n) is 8.82. The van der Waals surface area contributed by atoms with Crippen molar-refractivity contribution in [3.63, 3.8) is 0 Å². The summed E-state index contributed by atoms with van der Waals surface area (Å²) in [5.41, 5.74) is 7.34. The molecule has 0 radical (unpaired) electrons. The summed E-state index contributed by atoms with van der Waals surface area (Å²) in [4.78, 5) is 39.2. The van der Waals surface area contributed by atoms with Gasteiger partial charge >= 0.3 is 18.0 Å². The Morgan fingerprint density at radius 3 is 1.95 bits per heavy atom. The molecule has 38 heavy (non-hydrogen) atoms. The Hall–Kier alpha value is -3.64. The van der Waals surface area contributed by atoms with Crippen molar-refractivity contribution >= 4 is 35.7 Å². The molecule has 1 amide bonds. The number of carbonyl (C=O) groups is 3. The largest absolute Gasteiger partial charge is 0.466 e. The van der Waals surface area contributed by atoms with Crippen LogP contribution in [-0.2, 0) is 23.8 Å². The SMILES string of the molecule is CCOC(=O)N=P(C(=C(N)C1CCCCC1)/C(=C\C(=O)OC)C(=O)OC)(c1ccccc1)c1ccccc1. The number of nitrogens with two attached hydrogens (primary N) is 1. The highest BCUT2D eigenvalue weighted by Crippen LogP contribution is 2.60. The Morgan fingerprint density at radius 2 is 1.47 bits per heavy atom. The van der Waals surface area contributed by atoms with Crippen LogP contribution in [0.2, 0.25) is 0 Å². The first kappa shape index (κ1) is 28.9. The van der Waals surface area contributed by atoms with Crippen LogP contribution in [0.5, 0.6) is 0 Å². The molecule has 1 aliphatic rings. The van der Waals surface area contributed by atoms with Gasteiger partial charge in [-0.25, -0.2) is 14.4 Å². The Morgan fingerprint density at radius 1 is 0.921 bits per heavy atom. The number of amides is 1. The zero-order valence-corrected chi connectivity index (χ0v) is 23.0. The molecular formula is C29H35N2O6P. The van der Waals surface area contributed by atoms with E-state index in [-0.39, 0.29) is 18.1 Å². The zero-order valence-electron chi connectivity index (χ0n) is 22.1. The first-order chi connectivity index (χ1) is 18.4. The molecule has 0 unspecified atom stereocenters. The summed E-state index contributed by atoms with van der Waals surface area (Å²) in [6.45, 7) is 1.81. The number of nitrogens with zero attached hydrogens (tertiary/aromatic N) is 1. The maximum atomic E-state index is 13.4. The summed E-state index contributed by atoms with van der Waals surface area (Å²) in [6, 6.07) is 18.5. The minimum atomic E-state index is -3.38. The van der Waals surface area contributed by atoms with E-state index in [1.807, 2.05) is 60.7 Å². The van der Waals surface area contributed by atoms with Crippen LogP contribution >= 0.6 is 7.05 Å². The van der Waals surface area contributed by atoms with E-state index in [1.54, 1.807) is 6.92 Å². The summed E-state index contributed by atoms with van der Waals surface area (Å²) in [6.07, 6.45) is 4.96. The highest BCUT2D eigenvalue weighted by molar-refractivity contribution is 7.85. The Labute approximate surface area is 223 Å². The van der Waals surface area contributed by atoms with Crippen molar-refractivity contribution in [3.05, 3.63) is 83.3 Å². The average Bonchev–Trinajstić information content (AvgIpc) is 2.97. The second-order valence-corrected chi connectivity index (χ2v) is 11.8. The molecule has 0 heterocycles. The van der Waals surface area contributed by atoms with Gasteiger partial charge < -0.3 is 19.9 Å².